The van der Waals surface area contributed by atoms with E-state index in [1.165, 1.54) is 5.56 Å². The largest absolute Gasteiger partial charge is 0.371 e. The van der Waals surface area contributed by atoms with E-state index >= 15 is 0 Å². The molecule has 3 aliphatic rings. The number of nitrogens with one attached hydrogen (secondary N) is 2. The lowest BCUT2D eigenvalue weighted by Crippen LogP contribution is -2.44. The summed E-state index contributed by atoms with van der Waals surface area (Å²) in [6.45, 7) is 6.21. The first kappa shape index (κ1) is 22.0. The summed E-state index contributed by atoms with van der Waals surface area (Å²) < 4.78 is 18.3. The molecule has 2 atom stereocenters. The van der Waals surface area contributed by atoms with E-state index < -0.39 is 12.7 Å². The number of ether oxygens (including phenoxy) is 1. The second kappa shape index (κ2) is 9.61. The zero-order chi connectivity index (χ0) is 22.8. The van der Waals surface area contributed by atoms with Gasteiger partial charge in [0.05, 0.1) is 17.9 Å². The fourth-order valence-electron chi connectivity index (χ4n) is 4.95. The minimum atomic E-state index is -0.593. The summed E-state index contributed by atoms with van der Waals surface area (Å²) in [6, 6.07) is 7.05. The number of carbonyl (C=O) groups is 1. The van der Waals surface area contributed by atoms with E-state index in [-0.39, 0.29) is 6.54 Å². The maximum Gasteiger partial charge on any atom is 0.319 e. The third kappa shape index (κ3) is 4.79. The van der Waals surface area contributed by atoms with Gasteiger partial charge in [-0.25, -0.2) is 19.2 Å². The lowest BCUT2D eigenvalue weighted by Gasteiger charge is -2.36. The van der Waals surface area contributed by atoms with Gasteiger partial charge in [-0.3, -0.25) is 4.90 Å². The number of halogens is 1. The number of hydrogen-bond acceptors (Lipinski definition) is 6. The van der Waals surface area contributed by atoms with Crippen molar-refractivity contribution in [3.8, 4) is 11.4 Å². The maximum absolute atomic E-state index is 12.2. The van der Waals surface area contributed by atoms with Crippen molar-refractivity contribution in [2.75, 3.05) is 49.6 Å². The Hall–Kier alpha value is -2.78. The highest BCUT2D eigenvalue weighted by Gasteiger charge is 2.36. The van der Waals surface area contributed by atoms with Gasteiger partial charge < -0.3 is 20.3 Å². The average Bonchev–Trinajstić information content (AvgIpc) is 3.19. The van der Waals surface area contributed by atoms with Crippen LogP contribution in [0.2, 0.25) is 0 Å². The van der Waals surface area contributed by atoms with Crippen LogP contribution in [0.25, 0.3) is 11.4 Å². The number of morpholine rings is 1. The van der Waals surface area contributed by atoms with Gasteiger partial charge in [0.2, 0.25) is 0 Å². The van der Waals surface area contributed by atoms with E-state index in [9.17, 15) is 9.18 Å². The zero-order valence-corrected chi connectivity index (χ0v) is 19.0. The van der Waals surface area contributed by atoms with Crippen LogP contribution in [-0.2, 0) is 17.7 Å². The van der Waals surface area contributed by atoms with Crippen molar-refractivity contribution < 1.29 is 13.9 Å². The summed E-state index contributed by atoms with van der Waals surface area (Å²) in [5.41, 5.74) is 3.91. The van der Waals surface area contributed by atoms with Crippen LogP contribution in [0.15, 0.2) is 24.3 Å². The molecule has 1 aromatic carbocycles. The topological polar surface area (TPSA) is 82.6 Å². The molecular formula is C24H31FN6O2. The minimum absolute atomic E-state index is 0.00626. The van der Waals surface area contributed by atoms with E-state index in [0.29, 0.717) is 23.7 Å². The van der Waals surface area contributed by atoms with E-state index in [1.807, 2.05) is 24.3 Å². The minimum Gasteiger partial charge on any atom is -0.371 e. The Morgan fingerprint density at radius 1 is 1.18 bits per heavy atom. The van der Waals surface area contributed by atoms with Gasteiger partial charge in [-0.15, -0.1) is 0 Å². The van der Waals surface area contributed by atoms with Gasteiger partial charge >= 0.3 is 6.03 Å². The summed E-state index contributed by atoms with van der Waals surface area (Å²) in [5, 5.41) is 5.17. The Bertz CT molecular complexity index is 989. The fraction of sp³-hybridized carbons (Fsp3) is 0.542. The van der Waals surface area contributed by atoms with Crippen molar-refractivity contribution >= 4 is 17.5 Å². The number of fused-ring (bicyclic) bond motifs is 3. The molecule has 2 fully saturated rings. The second-order valence-corrected chi connectivity index (χ2v) is 8.92. The van der Waals surface area contributed by atoms with Crippen molar-refractivity contribution in [1.82, 2.24) is 20.2 Å². The number of rotatable bonds is 6. The second-order valence-electron chi connectivity index (χ2n) is 8.92. The van der Waals surface area contributed by atoms with Gasteiger partial charge in [0.1, 0.15) is 12.5 Å². The number of hydrogen-bond donors (Lipinski definition) is 2. The van der Waals surface area contributed by atoms with Crippen LogP contribution in [0.3, 0.4) is 0 Å². The van der Waals surface area contributed by atoms with Crippen LogP contribution in [0.4, 0.5) is 20.7 Å². The smallest absolute Gasteiger partial charge is 0.319 e. The number of anilines is 2. The van der Waals surface area contributed by atoms with Gasteiger partial charge in [-0.05, 0) is 50.1 Å². The first-order valence-corrected chi connectivity index (χ1v) is 11.9. The highest BCUT2D eigenvalue weighted by Crippen LogP contribution is 2.34. The first-order valence-electron chi connectivity index (χ1n) is 11.9. The summed E-state index contributed by atoms with van der Waals surface area (Å²) in [7, 11) is 0. The van der Waals surface area contributed by atoms with Crippen LogP contribution in [0, 0.1) is 0 Å². The summed E-state index contributed by atoms with van der Waals surface area (Å²) in [4.78, 5) is 26.6. The lowest BCUT2D eigenvalue weighted by atomic mass is 10.0. The molecule has 2 bridgehead atoms. The molecule has 2 N–H and O–H groups in total. The monoisotopic (exact) mass is 454 g/mol. The predicted molar refractivity (Wildman–Crippen MR) is 125 cm³/mol. The van der Waals surface area contributed by atoms with Gasteiger partial charge in [0.25, 0.3) is 0 Å². The number of benzene rings is 1. The summed E-state index contributed by atoms with van der Waals surface area (Å²) >= 11 is 0. The highest BCUT2D eigenvalue weighted by molar-refractivity contribution is 5.89. The van der Waals surface area contributed by atoms with Gasteiger partial charge in [-0.1, -0.05) is 6.92 Å². The molecule has 0 radical (unpaired) electrons. The Morgan fingerprint density at radius 2 is 1.94 bits per heavy atom. The van der Waals surface area contributed by atoms with Gasteiger partial charge in [0, 0.05) is 49.5 Å². The molecule has 2 unspecified atom stereocenters. The number of likely N-dealkylation sites (N-methyl/N-ethyl adjacent to an activating group) is 1. The summed E-state index contributed by atoms with van der Waals surface area (Å²) in [5.74, 6) is 1.76. The molecule has 4 heterocycles. The van der Waals surface area contributed by atoms with Crippen molar-refractivity contribution in [3.05, 3.63) is 35.5 Å². The molecule has 2 aromatic rings. The zero-order valence-electron chi connectivity index (χ0n) is 19.0. The first-order chi connectivity index (χ1) is 16.1. The maximum atomic E-state index is 12.2. The molecule has 0 aliphatic carbocycles. The molecule has 0 saturated carbocycles. The normalized spacial score (nSPS) is 22.2. The number of carbonyl (C=O) groups excluding carboxylic acids is 1. The van der Waals surface area contributed by atoms with Gasteiger partial charge in [0.15, 0.2) is 5.82 Å². The third-order valence-corrected chi connectivity index (χ3v) is 6.69. The van der Waals surface area contributed by atoms with Crippen LogP contribution in [0.1, 0.15) is 31.0 Å². The Labute approximate surface area is 193 Å². The van der Waals surface area contributed by atoms with Crippen molar-refractivity contribution in [3.63, 3.8) is 0 Å². The molecule has 1 aromatic heterocycles. The number of urea groups is 1. The number of nitrogens with zero attached hydrogens (tertiary/aromatic N) is 4. The van der Waals surface area contributed by atoms with Crippen LogP contribution in [0.5, 0.6) is 0 Å². The molecule has 8 nitrogen and oxygen atoms in total. The number of amides is 2. The third-order valence-electron chi connectivity index (χ3n) is 6.69. The number of alkyl halides is 1. The lowest BCUT2D eigenvalue weighted by molar-refractivity contribution is 0.0301. The standard InChI is InChI=1S/C24H31FN6O2/c1-2-30-12-9-20-21(15-30)28-22(29-23(20)31-13-18-7-8-19(14-31)33-18)16-3-5-17(6-4-16)27-24(32)26-11-10-25/h3-6,18-19H,2,7-15H2,1H3,(H2,26,27,32). The molecule has 3 aliphatic heterocycles. The van der Waals surface area contributed by atoms with Crippen LogP contribution in [-0.4, -0.2) is 72.5 Å². The molecule has 5 rings (SSSR count). The molecular weight excluding hydrogens is 423 g/mol. The van der Waals surface area contributed by atoms with Crippen molar-refractivity contribution in [2.45, 2.75) is 44.9 Å². The highest BCUT2D eigenvalue weighted by atomic mass is 19.1. The molecule has 9 heteroatoms. The van der Waals surface area contributed by atoms with E-state index in [4.69, 9.17) is 14.7 Å². The quantitative estimate of drug-likeness (QED) is 0.698. The summed E-state index contributed by atoms with van der Waals surface area (Å²) in [6.07, 6.45) is 3.80. The van der Waals surface area contributed by atoms with Crippen LogP contribution >= 0.6 is 0 Å². The molecule has 2 amide bonds. The van der Waals surface area contributed by atoms with Crippen molar-refractivity contribution in [2.24, 2.45) is 0 Å². The van der Waals surface area contributed by atoms with Crippen LogP contribution < -0.4 is 15.5 Å². The van der Waals surface area contributed by atoms with Crippen molar-refractivity contribution in [1.29, 1.82) is 0 Å². The number of aromatic nitrogens is 2. The van der Waals surface area contributed by atoms with E-state index in [1.54, 1.807) is 0 Å². The Kier molecular flexibility index (Phi) is 6.41. The molecule has 0 spiro atoms. The predicted octanol–water partition coefficient (Wildman–Crippen LogP) is 2.98. The van der Waals surface area contributed by atoms with Gasteiger partial charge in [-0.2, -0.15) is 0 Å². The molecule has 2 saturated heterocycles. The average molecular weight is 455 g/mol. The SMILES string of the molecule is CCN1CCc2c(nc(-c3ccc(NC(=O)NCCF)cc3)nc2N2CC3CCC(C2)O3)C1. The molecule has 33 heavy (non-hydrogen) atoms. The fourth-order valence-corrected chi connectivity index (χ4v) is 4.95. The van der Waals surface area contributed by atoms with E-state index in [0.717, 1.165) is 69.1 Å². The Morgan fingerprint density at radius 3 is 2.64 bits per heavy atom. The molecule has 176 valence electrons. The van der Waals surface area contributed by atoms with E-state index in [2.05, 4.69) is 27.4 Å². The Balaban J connectivity index is 1.43.